The molecule has 0 aromatic carbocycles. The molecule has 0 aromatic heterocycles. The molecule has 1 atom stereocenters. The molecule has 1 saturated carbocycles. The van der Waals surface area contributed by atoms with Gasteiger partial charge in [-0.05, 0) is 58.2 Å². The SMILES string of the molecule is CCNC(CCCS(C)(=O)=O)C1(N2CCCC2)CCCC1. The molecule has 1 aliphatic carbocycles. The van der Waals surface area contributed by atoms with Gasteiger partial charge in [-0.25, -0.2) is 8.42 Å². The zero-order valence-corrected chi connectivity index (χ0v) is 14.6. The smallest absolute Gasteiger partial charge is 0.147 e. The van der Waals surface area contributed by atoms with E-state index < -0.39 is 9.84 Å². The van der Waals surface area contributed by atoms with E-state index >= 15 is 0 Å². The minimum absolute atomic E-state index is 0.296. The first-order chi connectivity index (χ1) is 9.98. The molecule has 0 radical (unpaired) electrons. The van der Waals surface area contributed by atoms with E-state index in [1.165, 1.54) is 57.9 Å². The van der Waals surface area contributed by atoms with Crippen LogP contribution in [0.1, 0.15) is 58.3 Å². The average Bonchev–Trinajstić information content (AvgIpc) is 3.08. The van der Waals surface area contributed by atoms with Crippen molar-refractivity contribution in [3.8, 4) is 0 Å². The molecule has 21 heavy (non-hydrogen) atoms. The van der Waals surface area contributed by atoms with Gasteiger partial charge in [-0.2, -0.15) is 0 Å². The maximum Gasteiger partial charge on any atom is 0.147 e. The lowest BCUT2D eigenvalue weighted by Crippen LogP contribution is -2.59. The first-order valence-corrected chi connectivity index (χ1v) is 10.7. The molecule has 2 aliphatic rings. The summed E-state index contributed by atoms with van der Waals surface area (Å²) in [6.07, 6.45) is 11.0. The van der Waals surface area contributed by atoms with E-state index in [1.54, 1.807) is 0 Å². The van der Waals surface area contributed by atoms with E-state index in [9.17, 15) is 8.42 Å². The van der Waals surface area contributed by atoms with Gasteiger partial charge >= 0.3 is 0 Å². The number of nitrogens with zero attached hydrogens (tertiary/aromatic N) is 1. The van der Waals surface area contributed by atoms with Crippen molar-refractivity contribution in [2.75, 3.05) is 31.6 Å². The van der Waals surface area contributed by atoms with E-state index in [4.69, 9.17) is 0 Å². The normalized spacial score (nSPS) is 24.5. The van der Waals surface area contributed by atoms with Crippen LogP contribution in [0.5, 0.6) is 0 Å². The van der Waals surface area contributed by atoms with Gasteiger partial charge in [0, 0.05) is 23.6 Å². The summed E-state index contributed by atoms with van der Waals surface area (Å²) in [6, 6.07) is 0.449. The van der Waals surface area contributed by atoms with Crippen LogP contribution in [0.4, 0.5) is 0 Å². The maximum atomic E-state index is 11.4. The fourth-order valence-corrected chi connectivity index (χ4v) is 5.08. The minimum Gasteiger partial charge on any atom is -0.312 e. The van der Waals surface area contributed by atoms with Crippen molar-refractivity contribution in [1.29, 1.82) is 0 Å². The monoisotopic (exact) mass is 316 g/mol. The van der Waals surface area contributed by atoms with Crippen molar-refractivity contribution in [2.45, 2.75) is 69.9 Å². The summed E-state index contributed by atoms with van der Waals surface area (Å²) in [5.74, 6) is 0.324. The van der Waals surface area contributed by atoms with Crippen LogP contribution >= 0.6 is 0 Å². The topological polar surface area (TPSA) is 49.4 Å². The standard InChI is InChI=1S/C16H32N2O2S/c1-3-17-15(9-8-14-21(2,19)20)16(10-4-5-11-16)18-12-6-7-13-18/h15,17H,3-14H2,1-2H3. The van der Waals surface area contributed by atoms with Gasteiger partial charge in [0.2, 0.25) is 0 Å². The third-order valence-electron chi connectivity index (χ3n) is 5.31. The number of sulfone groups is 1. The van der Waals surface area contributed by atoms with Crippen molar-refractivity contribution in [3.63, 3.8) is 0 Å². The zero-order valence-electron chi connectivity index (χ0n) is 13.7. The van der Waals surface area contributed by atoms with Crippen LogP contribution in [0, 0.1) is 0 Å². The van der Waals surface area contributed by atoms with Crippen LogP contribution in [0.25, 0.3) is 0 Å². The number of rotatable bonds is 8. The van der Waals surface area contributed by atoms with Crippen molar-refractivity contribution >= 4 is 9.84 Å². The Balaban J connectivity index is 2.05. The molecule has 1 aliphatic heterocycles. The minimum atomic E-state index is -2.84. The van der Waals surface area contributed by atoms with Crippen molar-refractivity contribution in [3.05, 3.63) is 0 Å². The highest BCUT2D eigenvalue weighted by atomic mass is 32.2. The first kappa shape index (κ1) is 17.2. The van der Waals surface area contributed by atoms with E-state index in [2.05, 4.69) is 17.1 Å². The third-order valence-corrected chi connectivity index (χ3v) is 6.34. The van der Waals surface area contributed by atoms with Crippen LogP contribution in [0.3, 0.4) is 0 Å². The molecular formula is C16H32N2O2S. The van der Waals surface area contributed by atoms with Gasteiger partial charge in [-0.1, -0.05) is 19.8 Å². The molecule has 0 aromatic rings. The first-order valence-electron chi connectivity index (χ1n) is 8.64. The second kappa shape index (κ2) is 7.42. The molecule has 0 bridgehead atoms. The molecule has 1 heterocycles. The highest BCUT2D eigenvalue weighted by molar-refractivity contribution is 7.90. The van der Waals surface area contributed by atoms with Crippen LogP contribution in [0.15, 0.2) is 0 Å². The summed E-state index contributed by atoms with van der Waals surface area (Å²) in [4.78, 5) is 2.72. The molecule has 2 rings (SSSR count). The summed E-state index contributed by atoms with van der Waals surface area (Å²) in [7, 11) is -2.84. The fourth-order valence-electron chi connectivity index (χ4n) is 4.39. The highest BCUT2D eigenvalue weighted by Crippen LogP contribution is 2.41. The predicted octanol–water partition coefficient (Wildman–Crippen LogP) is 2.20. The summed E-state index contributed by atoms with van der Waals surface area (Å²) in [5.41, 5.74) is 0.296. The fraction of sp³-hybridized carbons (Fsp3) is 1.00. The Bertz CT molecular complexity index is 410. The van der Waals surface area contributed by atoms with Crippen LogP contribution in [0.2, 0.25) is 0 Å². The molecule has 0 spiro atoms. The molecule has 1 N–H and O–H groups in total. The van der Waals surface area contributed by atoms with E-state index in [-0.39, 0.29) is 0 Å². The van der Waals surface area contributed by atoms with Crippen molar-refractivity contribution in [1.82, 2.24) is 10.2 Å². The van der Waals surface area contributed by atoms with Gasteiger partial charge < -0.3 is 5.32 Å². The van der Waals surface area contributed by atoms with Crippen molar-refractivity contribution in [2.24, 2.45) is 0 Å². The van der Waals surface area contributed by atoms with Gasteiger partial charge in [0.1, 0.15) is 9.84 Å². The number of hydrogen-bond acceptors (Lipinski definition) is 4. The Morgan fingerprint density at radius 1 is 1.14 bits per heavy atom. The molecule has 4 nitrogen and oxygen atoms in total. The Kier molecular flexibility index (Phi) is 6.09. The summed E-state index contributed by atoms with van der Waals surface area (Å²) in [6.45, 7) is 5.59. The molecular weight excluding hydrogens is 284 g/mol. The third kappa shape index (κ3) is 4.42. The van der Waals surface area contributed by atoms with Gasteiger partial charge in [0.15, 0.2) is 0 Å². The number of likely N-dealkylation sites (tertiary alicyclic amines) is 1. The molecule has 124 valence electrons. The number of hydrogen-bond donors (Lipinski definition) is 1. The summed E-state index contributed by atoms with van der Waals surface area (Å²) in [5, 5.41) is 3.69. The lowest BCUT2D eigenvalue weighted by atomic mass is 9.83. The van der Waals surface area contributed by atoms with Gasteiger partial charge in [-0.3, -0.25) is 4.90 Å². The molecule has 1 saturated heterocycles. The lowest BCUT2D eigenvalue weighted by molar-refractivity contribution is 0.0733. The van der Waals surface area contributed by atoms with E-state index in [0.717, 1.165) is 19.4 Å². The van der Waals surface area contributed by atoms with Crippen LogP contribution in [-0.4, -0.2) is 56.5 Å². The second-order valence-electron chi connectivity index (χ2n) is 6.89. The number of nitrogens with one attached hydrogen (secondary N) is 1. The Labute approximate surface area is 130 Å². The lowest BCUT2D eigenvalue weighted by Gasteiger charge is -2.45. The second-order valence-corrected chi connectivity index (χ2v) is 9.15. The maximum absolute atomic E-state index is 11.4. The molecule has 5 heteroatoms. The van der Waals surface area contributed by atoms with Crippen LogP contribution in [-0.2, 0) is 9.84 Å². The molecule has 2 fully saturated rings. The van der Waals surface area contributed by atoms with Crippen molar-refractivity contribution < 1.29 is 8.42 Å². The van der Waals surface area contributed by atoms with Gasteiger partial charge in [0.05, 0.1) is 0 Å². The Hall–Kier alpha value is -0.130. The largest absolute Gasteiger partial charge is 0.312 e. The molecule has 1 unspecified atom stereocenters. The van der Waals surface area contributed by atoms with Crippen LogP contribution < -0.4 is 5.32 Å². The van der Waals surface area contributed by atoms with Gasteiger partial charge in [-0.15, -0.1) is 0 Å². The average molecular weight is 317 g/mol. The zero-order chi connectivity index (χ0) is 15.3. The predicted molar refractivity (Wildman–Crippen MR) is 88.4 cm³/mol. The highest BCUT2D eigenvalue weighted by Gasteiger charge is 2.45. The molecule has 0 amide bonds. The Morgan fingerprint density at radius 3 is 2.29 bits per heavy atom. The van der Waals surface area contributed by atoms with E-state index in [1.807, 2.05) is 0 Å². The summed E-state index contributed by atoms with van der Waals surface area (Å²) < 4.78 is 22.8. The Morgan fingerprint density at radius 2 is 1.76 bits per heavy atom. The summed E-state index contributed by atoms with van der Waals surface area (Å²) >= 11 is 0. The quantitative estimate of drug-likeness (QED) is 0.746. The number of likely N-dealkylation sites (N-methyl/N-ethyl adjacent to an activating group) is 1. The van der Waals surface area contributed by atoms with Gasteiger partial charge in [0.25, 0.3) is 0 Å². The van der Waals surface area contributed by atoms with E-state index in [0.29, 0.717) is 17.3 Å².